The lowest BCUT2D eigenvalue weighted by Gasteiger charge is -2.14. The van der Waals surface area contributed by atoms with Gasteiger partial charge in [0.25, 0.3) is 0 Å². The maximum absolute atomic E-state index is 4.70. The van der Waals surface area contributed by atoms with E-state index in [1.54, 1.807) is 0 Å². The Kier molecular flexibility index (Phi) is 2.34. The van der Waals surface area contributed by atoms with Crippen LogP contribution in [0.1, 0.15) is 31.9 Å². The molecule has 2 rings (SSSR count). The number of hydrogen-bond donors (Lipinski definition) is 0. The number of aliphatic imine (C=N–C) groups is 1. The van der Waals surface area contributed by atoms with Crippen molar-refractivity contribution in [2.75, 3.05) is 0 Å². The molecule has 1 aliphatic rings. The average Bonchev–Trinajstić information content (AvgIpc) is 2.43. The molecule has 0 bridgehead atoms. The molecule has 0 aromatic heterocycles. The fourth-order valence-electron chi connectivity index (χ4n) is 1.92. The quantitative estimate of drug-likeness (QED) is 0.616. The summed E-state index contributed by atoms with van der Waals surface area (Å²) in [5.74, 6) is 0. The summed E-state index contributed by atoms with van der Waals surface area (Å²) in [7, 11) is 0. The van der Waals surface area contributed by atoms with Crippen LogP contribution >= 0.6 is 0 Å². The number of allylic oxidation sites excluding steroid dienone is 2. The standard InChI is InChI=1S/C15H17N/c1-10-12-8-6-7-9-13(12)11(2)14(10)16-15(3,4)5/h6-9H,1-2H2,3-5H3. The first-order chi connectivity index (χ1) is 7.40. The van der Waals surface area contributed by atoms with Crippen LogP contribution in [0.4, 0.5) is 0 Å². The van der Waals surface area contributed by atoms with Crippen LogP contribution in [0, 0.1) is 0 Å². The van der Waals surface area contributed by atoms with Gasteiger partial charge in [-0.1, -0.05) is 37.4 Å². The third kappa shape index (κ3) is 1.73. The zero-order chi connectivity index (χ0) is 11.9. The minimum absolute atomic E-state index is 0.0940. The number of benzene rings is 1. The van der Waals surface area contributed by atoms with Crippen LogP contribution in [0.15, 0.2) is 42.4 Å². The van der Waals surface area contributed by atoms with Gasteiger partial charge in [-0.15, -0.1) is 0 Å². The molecule has 1 aromatic carbocycles. The van der Waals surface area contributed by atoms with Gasteiger partial charge in [-0.05, 0) is 31.9 Å². The highest BCUT2D eigenvalue weighted by Crippen LogP contribution is 2.37. The molecule has 1 heteroatoms. The SMILES string of the molecule is C=C1C(=NC(C)(C)C)C(=C)c2ccccc21. The molecular formula is C15H17N. The smallest absolute Gasteiger partial charge is 0.0725 e. The van der Waals surface area contributed by atoms with E-state index in [4.69, 9.17) is 4.99 Å². The van der Waals surface area contributed by atoms with Gasteiger partial charge in [0.15, 0.2) is 0 Å². The zero-order valence-corrected chi connectivity index (χ0v) is 10.2. The summed E-state index contributed by atoms with van der Waals surface area (Å²) in [4.78, 5) is 4.70. The highest BCUT2D eigenvalue weighted by molar-refractivity contribution is 6.49. The van der Waals surface area contributed by atoms with Crippen LogP contribution in [0.3, 0.4) is 0 Å². The first-order valence-electron chi connectivity index (χ1n) is 5.48. The monoisotopic (exact) mass is 211 g/mol. The van der Waals surface area contributed by atoms with Crippen molar-refractivity contribution in [2.45, 2.75) is 26.3 Å². The normalized spacial score (nSPS) is 15.3. The summed E-state index contributed by atoms with van der Waals surface area (Å²) >= 11 is 0. The number of nitrogens with zero attached hydrogens (tertiary/aromatic N) is 1. The van der Waals surface area contributed by atoms with Gasteiger partial charge in [-0.3, -0.25) is 4.99 Å². The molecule has 0 atom stereocenters. The topological polar surface area (TPSA) is 12.4 Å². The minimum atomic E-state index is -0.0940. The summed E-state index contributed by atoms with van der Waals surface area (Å²) in [6.45, 7) is 14.5. The fraction of sp³-hybridized carbons (Fsp3) is 0.267. The second kappa shape index (κ2) is 3.44. The van der Waals surface area contributed by atoms with Crippen molar-refractivity contribution in [3.8, 4) is 0 Å². The summed E-state index contributed by atoms with van der Waals surface area (Å²) in [5, 5.41) is 0. The number of hydrogen-bond acceptors (Lipinski definition) is 1. The molecule has 1 aliphatic carbocycles. The molecule has 1 nitrogen and oxygen atoms in total. The van der Waals surface area contributed by atoms with Crippen molar-refractivity contribution < 1.29 is 0 Å². The third-order valence-corrected chi connectivity index (χ3v) is 2.60. The molecule has 1 aromatic rings. The molecule has 0 unspecified atom stereocenters. The van der Waals surface area contributed by atoms with E-state index in [1.807, 2.05) is 12.1 Å². The van der Waals surface area contributed by atoms with E-state index in [-0.39, 0.29) is 5.54 Å². The van der Waals surface area contributed by atoms with Crippen LogP contribution in [-0.2, 0) is 0 Å². The van der Waals surface area contributed by atoms with Gasteiger partial charge in [-0.25, -0.2) is 0 Å². The van der Waals surface area contributed by atoms with Crippen molar-refractivity contribution in [1.82, 2.24) is 0 Å². The summed E-state index contributed by atoms with van der Waals surface area (Å²) in [6, 6.07) is 8.21. The largest absolute Gasteiger partial charge is 0.278 e. The Morgan fingerprint density at radius 1 is 0.938 bits per heavy atom. The van der Waals surface area contributed by atoms with Crippen molar-refractivity contribution in [2.24, 2.45) is 4.99 Å². The summed E-state index contributed by atoms with van der Waals surface area (Å²) in [6.07, 6.45) is 0. The Balaban J connectivity index is 2.55. The lowest BCUT2D eigenvalue weighted by Crippen LogP contribution is -2.13. The first-order valence-corrected chi connectivity index (χ1v) is 5.48. The Hall–Kier alpha value is -1.63. The van der Waals surface area contributed by atoms with Crippen LogP contribution in [-0.4, -0.2) is 11.3 Å². The van der Waals surface area contributed by atoms with Crippen molar-refractivity contribution in [3.63, 3.8) is 0 Å². The number of fused-ring (bicyclic) bond motifs is 1. The maximum Gasteiger partial charge on any atom is 0.0725 e. The fourth-order valence-corrected chi connectivity index (χ4v) is 1.92. The summed E-state index contributed by atoms with van der Waals surface area (Å²) < 4.78 is 0. The minimum Gasteiger partial charge on any atom is -0.278 e. The van der Waals surface area contributed by atoms with Crippen LogP contribution in [0.5, 0.6) is 0 Å². The lowest BCUT2D eigenvalue weighted by atomic mass is 10.1. The molecule has 0 aliphatic heterocycles. The van der Waals surface area contributed by atoms with Gasteiger partial charge in [-0.2, -0.15) is 0 Å². The molecule has 16 heavy (non-hydrogen) atoms. The molecule has 0 radical (unpaired) electrons. The lowest BCUT2D eigenvalue weighted by molar-refractivity contribution is 0.586. The molecule has 0 saturated heterocycles. The Labute approximate surface area is 97.2 Å². The van der Waals surface area contributed by atoms with Gasteiger partial charge >= 0.3 is 0 Å². The van der Waals surface area contributed by atoms with Gasteiger partial charge in [0.2, 0.25) is 0 Å². The van der Waals surface area contributed by atoms with Gasteiger partial charge < -0.3 is 0 Å². The number of rotatable bonds is 0. The molecule has 0 saturated carbocycles. The molecule has 0 amide bonds. The van der Waals surface area contributed by atoms with Crippen molar-refractivity contribution in [1.29, 1.82) is 0 Å². The van der Waals surface area contributed by atoms with E-state index < -0.39 is 0 Å². The van der Waals surface area contributed by atoms with Crippen LogP contribution < -0.4 is 0 Å². The van der Waals surface area contributed by atoms with Crippen molar-refractivity contribution >= 4 is 16.9 Å². The highest BCUT2D eigenvalue weighted by Gasteiger charge is 2.25. The average molecular weight is 211 g/mol. The Bertz CT molecular complexity index is 461. The molecule has 0 N–H and O–H groups in total. The molecule has 0 spiro atoms. The molecule has 0 fully saturated rings. The van der Waals surface area contributed by atoms with E-state index >= 15 is 0 Å². The van der Waals surface area contributed by atoms with Crippen LogP contribution in [0.2, 0.25) is 0 Å². The van der Waals surface area contributed by atoms with E-state index in [9.17, 15) is 0 Å². The van der Waals surface area contributed by atoms with E-state index in [0.29, 0.717) is 0 Å². The maximum atomic E-state index is 4.70. The third-order valence-electron chi connectivity index (χ3n) is 2.60. The second-order valence-electron chi connectivity index (χ2n) is 5.13. The van der Waals surface area contributed by atoms with E-state index in [1.165, 1.54) is 0 Å². The molecular weight excluding hydrogens is 194 g/mol. The van der Waals surface area contributed by atoms with Gasteiger partial charge in [0.1, 0.15) is 0 Å². The Morgan fingerprint density at radius 2 is 1.38 bits per heavy atom. The van der Waals surface area contributed by atoms with E-state index in [2.05, 4.69) is 46.1 Å². The highest BCUT2D eigenvalue weighted by atomic mass is 14.8. The summed E-state index contributed by atoms with van der Waals surface area (Å²) in [5.41, 5.74) is 5.18. The molecule has 82 valence electrons. The van der Waals surface area contributed by atoms with Crippen LogP contribution in [0.25, 0.3) is 11.1 Å². The second-order valence-corrected chi connectivity index (χ2v) is 5.13. The Morgan fingerprint density at radius 3 is 1.75 bits per heavy atom. The zero-order valence-electron chi connectivity index (χ0n) is 10.2. The van der Waals surface area contributed by atoms with Crippen molar-refractivity contribution in [3.05, 3.63) is 48.6 Å². The predicted molar refractivity (Wildman–Crippen MR) is 71.7 cm³/mol. The first kappa shape index (κ1) is 10.9. The molecule has 0 heterocycles. The van der Waals surface area contributed by atoms with Gasteiger partial charge in [0.05, 0.1) is 11.3 Å². The van der Waals surface area contributed by atoms with Gasteiger partial charge in [0, 0.05) is 11.1 Å². The predicted octanol–water partition coefficient (Wildman–Crippen LogP) is 3.97. The van der Waals surface area contributed by atoms with E-state index in [0.717, 1.165) is 28.0 Å².